The van der Waals surface area contributed by atoms with Crippen LogP contribution < -0.4 is 0 Å². The normalized spacial score (nSPS) is 10.4. The Bertz CT molecular complexity index is 576. The van der Waals surface area contributed by atoms with Crippen LogP contribution in [0.5, 0.6) is 0 Å². The summed E-state index contributed by atoms with van der Waals surface area (Å²) in [7, 11) is 0. The third kappa shape index (κ3) is 3.05. The van der Waals surface area contributed by atoms with E-state index in [-0.39, 0.29) is 5.78 Å². The number of pyridine rings is 1. The number of benzene rings is 1. The Morgan fingerprint density at radius 1 is 1.22 bits per heavy atom. The molecule has 3 heteroatoms. The molecular formula is C15H14BrNO. The Morgan fingerprint density at radius 2 is 2.00 bits per heavy atom. The molecule has 0 bridgehead atoms. The van der Waals surface area contributed by atoms with Crippen molar-refractivity contribution >= 4 is 21.7 Å². The summed E-state index contributed by atoms with van der Waals surface area (Å²) in [4.78, 5) is 16.4. The molecule has 0 fully saturated rings. The van der Waals surface area contributed by atoms with Gasteiger partial charge in [0, 0.05) is 21.9 Å². The summed E-state index contributed by atoms with van der Waals surface area (Å²) in [6.07, 6.45) is 2.13. The van der Waals surface area contributed by atoms with Crippen LogP contribution in [-0.4, -0.2) is 10.8 Å². The summed E-state index contributed by atoms with van der Waals surface area (Å²) in [5.74, 6) is 0.0899. The number of carbonyl (C=O) groups is 1. The van der Waals surface area contributed by atoms with E-state index >= 15 is 0 Å². The van der Waals surface area contributed by atoms with E-state index in [1.165, 1.54) is 0 Å². The van der Waals surface area contributed by atoms with Crippen molar-refractivity contribution in [2.45, 2.75) is 20.3 Å². The molecule has 0 saturated carbocycles. The molecule has 2 rings (SSSR count). The fraction of sp³-hybridized carbons (Fsp3) is 0.200. The molecule has 1 heterocycles. The second-order valence-electron chi connectivity index (χ2n) is 4.39. The number of aryl methyl sites for hydroxylation is 2. The molecular weight excluding hydrogens is 290 g/mol. The molecule has 92 valence electrons. The molecule has 0 radical (unpaired) electrons. The molecule has 0 amide bonds. The number of rotatable bonds is 3. The number of hydrogen-bond donors (Lipinski definition) is 0. The van der Waals surface area contributed by atoms with Crippen LogP contribution in [0.15, 0.2) is 41.0 Å². The van der Waals surface area contributed by atoms with Crippen molar-refractivity contribution in [2.24, 2.45) is 0 Å². The van der Waals surface area contributed by atoms with Crippen LogP contribution in [0.3, 0.4) is 0 Å². The summed E-state index contributed by atoms with van der Waals surface area (Å²) in [5, 5.41) is 0. The van der Waals surface area contributed by atoms with Crippen LogP contribution in [-0.2, 0) is 6.42 Å². The lowest BCUT2D eigenvalue weighted by Crippen LogP contribution is -2.05. The van der Waals surface area contributed by atoms with Gasteiger partial charge >= 0.3 is 0 Å². The first-order valence-electron chi connectivity index (χ1n) is 5.77. The molecule has 2 nitrogen and oxygen atoms in total. The van der Waals surface area contributed by atoms with Gasteiger partial charge in [-0.25, -0.2) is 0 Å². The molecule has 2 aromatic rings. The van der Waals surface area contributed by atoms with Crippen LogP contribution in [0.1, 0.15) is 27.2 Å². The minimum atomic E-state index is 0.0899. The van der Waals surface area contributed by atoms with Gasteiger partial charge in [-0.2, -0.15) is 0 Å². The quantitative estimate of drug-likeness (QED) is 0.805. The second kappa shape index (κ2) is 5.44. The maximum absolute atomic E-state index is 12.1. The summed E-state index contributed by atoms with van der Waals surface area (Å²) < 4.78 is 0.963. The van der Waals surface area contributed by atoms with Gasteiger partial charge in [0.05, 0.1) is 6.42 Å². The lowest BCUT2D eigenvalue weighted by molar-refractivity contribution is 0.0992. The standard InChI is InChI=1S/C15H14BrNO/c1-10-3-6-13(17-9-10)8-15(18)12-5-4-11(2)14(16)7-12/h3-7,9H,8H2,1-2H3. The number of aromatic nitrogens is 1. The fourth-order valence-electron chi connectivity index (χ4n) is 1.64. The Labute approximate surface area is 115 Å². The number of ketones is 1. The summed E-state index contributed by atoms with van der Waals surface area (Å²) >= 11 is 3.44. The maximum atomic E-state index is 12.1. The SMILES string of the molecule is Cc1ccc(CC(=O)c2ccc(C)c(Br)c2)nc1. The van der Waals surface area contributed by atoms with Gasteiger partial charge in [0.1, 0.15) is 0 Å². The number of hydrogen-bond acceptors (Lipinski definition) is 2. The third-order valence-electron chi connectivity index (χ3n) is 2.81. The van der Waals surface area contributed by atoms with E-state index in [1.807, 2.05) is 44.2 Å². The van der Waals surface area contributed by atoms with Crippen molar-refractivity contribution in [1.82, 2.24) is 4.98 Å². The van der Waals surface area contributed by atoms with Crippen molar-refractivity contribution in [2.75, 3.05) is 0 Å². The average Bonchev–Trinajstić information content (AvgIpc) is 2.35. The molecule has 0 aliphatic heterocycles. The minimum absolute atomic E-state index is 0.0899. The molecule has 0 aliphatic carbocycles. The van der Waals surface area contributed by atoms with Crippen LogP contribution in [0.25, 0.3) is 0 Å². The predicted molar refractivity (Wildman–Crippen MR) is 75.9 cm³/mol. The van der Waals surface area contributed by atoms with Crippen molar-refractivity contribution in [3.8, 4) is 0 Å². The summed E-state index contributed by atoms with van der Waals surface area (Å²) in [6.45, 7) is 3.98. The molecule has 0 N–H and O–H groups in total. The molecule has 0 saturated heterocycles. The van der Waals surface area contributed by atoms with Gasteiger partial charge in [-0.3, -0.25) is 9.78 Å². The highest BCUT2D eigenvalue weighted by molar-refractivity contribution is 9.10. The van der Waals surface area contributed by atoms with Crippen molar-refractivity contribution in [3.05, 3.63) is 63.4 Å². The zero-order valence-corrected chi connectivity index (χ0v) is 12.0. The molecule has 18 heavy (non-hydrogen) atoms. The van der Waals surface area contributed by atoms with E-state index in [1.54, 1.807) is 6.20 Å². The number of nitrogens with zero attached hydrogens (tertiary/aromatic N) is 1. The molecule has 1 aromatic heterocycles. The van der Waals surface area contributed by atoms with Gasteiger partial charge in [-0.15, -0.1) is 0 Å². The number of halogens is 1. The first kappa shape index (κ1) is 13.0. The molecule has 0 spiro atoms. The minimum Gasteiger partial charge on any atom is -0.294 e. The van der Waals surface area contributed by atoms with Gasteiger partial charge < -0.3 is 0 Å². The van der Waals surface area contributed by atoms with Crippen molar-refractivity contribution in [1.29, 1.82) is 0 Å². The lowest BCUT2D eigenvalue weighted by Gasteiger charge is -2.04. The summed E-state index contributed by atoms with van der Waals surface area (Å²) in [6, 6.07) is 9.54. The number of carbonyl (C=O) groups excluding carboxylic acids is 1. The molecule has 0 aliphatic rings. The molecule has 0 unspecified atom stereocenters. The highest BCUT2D eigenvalue weighted by atomic mass is 79.9. The monoisotopic (exact) mass is 303 g/mol. The second-order valence-corrected chi connectivity index (χ2v) is 5.25. The van der Waals surface area contributed by atoms with E-state index in [0.717, 1.165) is 26.9 Å². The molecule has 1 aromatic carbocycles. The summed E-state index contributed by atoms with van der Waals surface area (Å²) in [5.41, 5.74) is 3.75. The van der Waals surface area contributed by atoms with E-state index in [2.05, 4.69) is 20.9 Å². The van der Waals surface area contributed by atoms with Crippen LogP contribution >= 0.6 is 15.9 Å². The van der Waals surface area contributed by atoms with Gasteiger partial charge in [0.2, 0.25) is 0 Å². The van der Waals surface area contributed by atoms with Gasteiger partial charge in [0.15, 0.2) is 5.78 Å². The first-order chi connectivity index (χ1) is 8.56. The largest absolute Gasteiger partial charge is 0.294 e. The van der Waals surface area contributed by atoms with Crippen LogP contribution in [0, 0.1) is 13.8 Å². The van der Waals surface area contributed by atoms with Gasteiger partial charge in [-0.1, -0.05) is 34.1 Å². The lowest BCUT2D eigenvalue weighted by atomic mass is 10.0. The van der Waals surface area contributed by atoms with Gasteiger partial charge in [-0.05, 0) is 37.1 Å². The zero-order valence-electron chi connectivity index (χ0n) is 10.4. The van der Waals surface area contributed by atoms with E-state index in [9.17, 15) is 4.79 Å². The van der Waals surface area contributed by atoms with E-state index in [4.69, 9.17) is 0 Å². The Kier molecular flexibility index (Phi) is 3.92. The zero-order chi connectivity index (χ0) is 13.1. The van der Waals surface area contributed by atoms with Gasteiger partial charge in [0.25, 0.3) is 0 Å². The fourth-order valence-corrected chi connectivity index (χ4v) is 2.01. The Balaban J connectivity index is 2.16. The van der Waals surface area contributed by atoms with Crippen LogP contribution in [0.2, 0.25) is 0 Å². The third-order valence-corrected chi connectivity index (χ3v) is 3.66. The van der Waals surface area contributed by atoms with Crippen LogP contribution in [0.4, 0.5) is 0 Å². The highest BCUT2D eigenvalue weighted by Crippen LogP contribution is 2.18. The Morgan fingerprint density at radius 3 is 2.61 bits per heavy atom. The smallest absolute Gasteiger partial charge is 0.168 e. The predicted octanol–water partition coefficient (Wildman–Crippen LogP) is 3.89. The maximum Gasteiger partial charge on any atom is 0.168 e. The highest BCUT2D eigenvalue weighted by Gasteiger charge is 2.09. The van der Waals surface area contributed by atoms with Crippen molar-refractivity contribution in [3.63, 3.8) is 0 Å². The van der Waals surface area contributed by atoms with E-state index < -0.39 is 0 Å². The van der Waals surface area contributed by atoms with E-state index in [0.29, 0.717) is 6.42 Å². The average molecular weight is 304 g/mol. The first-order valence-corrected chi connectivity index (χ1v) is 6.56. The number of Topliss-reactive ketones (excluding diaryl/α,β-unsaturated/α-hetero) is 1. The topological polar surface area (TPSA) is 30.0 Å². The molecule has 0 atom stereocenters. The Hall–Kier alpha value is -1.48. The van der Waals surface area contributed by atoms with Crippen molar-refractivity contribution < 1.29 is 4.79 Å².